The Morgan fingerprint density at radius 2 is 1.95 bits per heavy atom. The third kappa shape index (κ3) is 4.11. The van der Waals surface area contributed by atoms with Crippen molar-refractivity contribution in [3.05, 3.63) is 56.7 Å². The molecule has 0 aliphatic rings. The summed E-state index contributed by atoms with van der Waals surface area (Å²) in [6.45, 7) is 2.16. The second-order valence-electron chi connectivity index (χ2n) is 4.53. The topological polar surface area (TPSA) is 24.9 Å². The van der Waals surface area contributed by atoms with Crippen LogP contribution in [-0.4, -0.2) is 4.98 Å². The number of hydrogen-bond donors (Lipinski definition) is 1. The molecule has 1 N–H and O–H groups in total. The molecule has 1 atom stereocenters. The zero-order valence-electron chi connectivity index (χ0n) is 11.0. The molecule has 0 fully saturated rings. The molecule has 20 heavy (non-hydrogen) atoms. The minimum atomic E-state index is 0.186. The van der Waals surface area contributed by atoms with Gasteiger partial charge in [-0.05, 0) is 46.1 Å². The van der Waals surface area contributed by atoms with E-state index in [0.29, 0.717) is 5.15 Å². The lowest BCUT2D eigenvalue weighted by Gasteiger charge is -2.20. The predicted molar refractivity (Wildman–Crippen MR) is 89.7 cm³/mol. The quantitative estimate of drug-likeness (QED) is 0.640. The normalized spacial score (nSPS) is 12.2. The highest BCUT2D eigenvalue weighted by Crippen LogP contribution is 2.30. The smallest absolute Gasteiger partial charge is 0.152 e. The van der Waals surface area contributed by atoms with E-state index in [-0.39, 0.29) is 6.04 Å². The Labute approximate surface area is 137 Å². The van der Waals surface area contributed by atoms with Crippen molar-refractivity contribution in [2.75, 3.05) is 5.32 Å². The molecule has 106 valence electrons. The van der Waals surface area contributed by atoms with Gasteiger partial charge in [0.05, 0.1) is 11.7 Å². The maximum Gasteiger partial charge on any atom is 0.152 e. The minimum Gasteiger partial charge on any atom is -0.376 e. The first kappa shape index (κ1) is 15.6. The van der Waals surface area contributed by atoms with Crippen LogP contribution >= 0.6 is 39.1 Å². The fourth-order valence-corrected chi connectivity index (χ4v) is 2.63. The molecule has 0 spiro atoms. The highest BCUT2D eigenvalue weighted by atomic mass is 79.9. The van der Waals surface area contributed by atoms with E-state index < -0.39 is 0 Å². The number of nitrogens with one attached hydrogen (secondary N) is 1. The molecule has 2 rings (SSSR count). The third-order valence-corrected chi connectivity index (χ3v) is 3.97. The summed E-state index contributed by atoms with van der Waals surface area (Å²) in [7, 11) is 0. The SMILES string of the molecule is CCCC(Nc1cc(Br)cnc1Cl)c1ccc(Cl)cc1. The summed E-state index contributed by atoms with van der Waals surface area (Å²) < 4.78 is 0.899. The van der Waals surface area contributed by atoms with E-state index in [1.165, 1.54) is 5.56 Å². The zero-order chi connectivity index (χ0) is 14.5. The summed E-state index contributed by atoms with van der Waals surface area (Å²) in [4.78, 5) is 4.13. The van der Waals surface area contributed by atoms with E-state index in [4.69, 9.17) is 23.2 Å². The molecule has 0 radical (unpaired) electrons. The summed E-state index contributed by atoms with van der Waals surface area (Å²) in [5.41, 5.74) is 2.02. The Balaban J connectivity index is 2.25. The second kappa shape index (κ2) is 7.30. The van der Waals surface area contributed by atoms with Gasteiger partial charge in [0.2, 0.25) is 0 Å². The van der Waals surface area contributed by atoms with Crippen molar-refractivity contribution in [2.24, 2.45) is 0 Å². The first-order chi connectivity index (χ1) is 9.60. The summed E-state index contributed by atoms with van der Waals surface area (Å²) in [5.74, 6) is 0. The van der Waals surface area contributed by atoms with Gasteiger partial charge in [-0.25, -0.2) is 4.98 Å². The Morgan fingerprint density at radius 1 is 1.25 bits per heavy atom. The summed E-state index contributed by atoms with van der Waals surface area (Å²) in [6.07, 6.45) is 3.76. The van der Waals surface area contributed by atoms with Gasteiger partial charge >= 0.3 is 0 Å². The monoisotopic (exact) mass is 372 g/mol. The van der Waals surface area contributed by atoms with Crippen molar-refractivity contribution in [1.82, 2.24) is 4.98 Å². The first-order valence-electron chi connectivity index (χ1n) is 6.43. The highest BCUT2D eigenvalue weighted by Gasteiger charge is 2.13. The molecule has 2 nitrogen and oxygen atoms in total. The summed E-state index contributed by atoms with van der Waals surface area (Å²) in [6, 6.07) is 10.0. The van der Waals surface area contributed by atoms with Crippen LogP contribution in [0, 0.1) is 0 Å². The van der Waals surface area contributed by atoms with Crippen LogP contribution in [-0.2, 0) is 0 Å². The number of anilines is 1. The number of nitrogens with zero attached hydrogens (tertiary/aromatic N) is 1. The maximum absolute atomic E-state index is 6.14. The van der Waals surface area contributed by atoms with Gasteiger partial charge in [-0.2, -0.15) is 0 Å². The molecule has 0 bridgehead atoms. The van der Waals surface area contributed by atoms with Crippen molar-refractivity contribution in [1.29, 1.82) is 0 Å². The van der Waals surface area contributed by atoms with Crippen molar-refractivity contribution >= 4 is 44.8 Å². The molecule has 0 aliphatic heterocycles. The van der Waals surface area contributed by atoms with Crippen LogP contribution in [0.5, 0.6) is 0 Å². The van der Waals surface area contributed by atoms with Gasteiger partial charge in [-0.3, -0.25) is 0 Å². The number of halogens is 3. The predicted octanol–water partition coefficient (Wildman–Crippen LogP) is 6.10. The Kier molecular flexibility index (Phi) is 5.70. The molecule has 0 amide bonds. The molecule has 1 aromatic carbocycles. The lowest BCUT2D eigenvalue weighted by Crippen LogP contribution is -2.11. The van der Waals surface area contributed by atoms with Gasteiger partial charge in [0.15, 0.2) is 5.15 Å². The van der Waals surface area contributed by atoms with Gasteiger partial charge in [-0.15, -0.1) is 0 Å². The Hall–Kier alpha value is -0.770. The van der Waals surface area contributed by atoms with Crippen molar-refractivity contribution in [3.8, 4) is 0 Å². The summed E-state index contributed by atoms with van der Waals surface area (Å²) >= 11 is 15.5. The zero-order valence-corrected chi connectivity index (χ0v) is 14.1. The van der Waals surface area contributed by atoms with Gasteiger partial charge < -0.3 is 5.32 Å². The van der Waals surface area contributed by atoms with E-state index in [9.17, 15) is 0 Å². The van der Waals surface area contributed by atoms with Crippen LogP contribution in [0.1, 0.15) is 31.4 Å². The van der Waals surface area contributed by atoms with Crippen molar-refractivity contribution in [2.45, 2.75) is 25.8 Å². The van der Waals surface area contributed by atoms with Crippen molar-refractivity contribution in [3.63, 3.8) is 0 Å². The molecule has 1 unspecified atom stereocenters. The molecule has 5 heteroatoms. The number of benzene rings is 1. The lowest BCUT2D eigenvalue weighted by molar-refractivity contribution is 0.677. The van der Waals surface area contributed by atoms with Crippen LogP contribution in [0.15, 0.2) is 41.0 Å². The average Bonchev–Trinajstić information content (AvgIpc) is 2.43. The highest BCUT2D eigenvalue weighted by molar-refractivity contribution is 9.10. The number of pyridine rings is 1. The van der Waals surface area contributed by atoms with E-state index in [1.807, 2.05) is 30.3 Å². The van der Waals surface area contributed by atoms with E-state index in [0.717, 1.165) is 28.0 Å². The van der Waals surface area contributed by atoms with Gasteiger partial charge in [-0.1, -0.05) is 48.7 Å². The number of hydrogen-bond acceptors (Lipinski definition) is 2. The van der Waals surface area contributed by atoms with Gasteiger partial charge in [0.1, 0.15) is 0 Å². The first-order valence-corrected chi connectivity index (χ1v) is 7.98. The van der Waals surface area contributed by atoms with Gasteiger partial charge in [0, 0.05) is 15.7 Å². The second-order valence-corrected chi connectivity index (χ2v) is 6.24. The fraction of sp³-hybridized carbons (Fsp3) is 0.267. The molecule has 1 aromatic heterocycles. The molecule has 0 saturated heterocycles. The molecule has 2 aromatic rings. The van der Waals surface area contributed by atoms with Gasteiger partial charge in [0.25, 0.3) is 0 Å². The molecular formula is C15H15BrCl2N2. The van der Waals surface area contributed by atoms with Crippen LogP contribution in [0.25, 0.3) is 0 Å². The van der Waals surface area contributed by atoms with E-state index in [2.05, 4.69) is 33.2 Å². The van der Waals surface area contributed by atoms with Crippen LogP contribution in [0.2, 0.25) is 10.2 Å². The molecular weight excluding hydrogens is 359 g/mol. The fourth-order valence-electron chi connectivity index (χ4n) is 2.02. The van der Waals surface area contributed by atoms with Crippen LogP contribution in [0.4, 0.5) is 5.69 Å². The van der Waals surface area contributed by atoms with Crippen LogP contribution < -0.4 is 5.32 Å². The molecule has 0 saturated carbocycles. The average molecular weight is 374 g/mol. The minimum absolute atomic E-state index is 0.186. The standard InChI is InChI=1S/C15H15BrCl2N2/c1-2-3-13(10-4-6-12(17)7-5-10)20-14-8-11(16)9-19-15(14)18/h4-9,13,20H,2-3H2,1H3. The molecule has 0 aliphatic carbocycles. The van der Waals surface area contributed by atoms with Crippen molar-refractivity contribution < 1.29 is 0 Å². The third-order valence-electron chi connectivity index (χ3n) is 2.99. The van der Waals surface area contributed by atoms with Crippen LogP contribution in [0.3, 0.4) is 0 Å². The summed E-state index contributed by atoms with van der Waals surface area (Å²) in [5, 5.41) is 4.67. The van der Waals surface area contributed by atoms with E-state index in [1.54, 1.807) is 6.20 Å². The van der Waals surface area contributed by atoms with E-state index >= 15 is 0 Å². The Bertz CT molecular complexity index is 573. The largest absolute Gasteiger partial charge is 0.376 e. The Morgan fingerprint density at radius 3 is 2.60 bits per heavy atom. The number of aromatic nitrogens is 1. The number of rotatable bonds is 5. The maximum atomic E-state index is 6.14. The molecule has 1 heterocycles. The lowest BCUT2D eigenvalue weighted by atomic mass is 10.0.